The van der Waals surface area contributed by atoms with Crippen molar-refractivity contribution in [1.29, 1.82) is 0 Å². The van der Waals surface area contributed by atoms with E-state index >= 15 is 0 Å². The number of ether oxygens (including phenoxy) is 5. The summed E-state index contributed by atoms with van der Waals surface area (Å²) in [5.74, 6) is 2.84. The molecule has 0 saturated heterocycles. The van der Waals surface area contributed by atoms with Crippen LogP contribution >= 0.6 is 0 Å². The molecular weight excluding hydrogens is 462 g/mol. The van der Waals surface area contributed by atoms with Crippen LogP contribution < -0.4 is 29.0 Å². The third-order valence-electron chi connectivity index (χ3n) is 6.00. The Labute approximate surface area is 208 Å². The van der Waals surface area contributed by atoms with Crippen LogP contribution in [0.5, 0.6) is 28.7 Å². The summed E-state index contributed by atoms with van der Waals surface area (Å²) in [6.07, 6.45) is 3.23. The predicted molar refractivity (Wildman–Crippen MR) is 136 cm³/mol. The molecule has 0 fully saturated rings. The average Bonchev–Trinajstić information content (AvgIpc) is 3.53. The zero-order valence-electron chi connectivity index (χ0n) is 20.3. The van der Waals surface area contributed by atoms with Crippen molar-refractivity contribution in [3.63, 3.8) is 0 Å². The number of anilines is 1. The molecule has 0 bridgehead atoms. The van der Waals surface area contributed by atoms with Crippen molar-refractivity contribution in [3.05, 3.63) is 66.4 Å². The third-order valence-corrected chi connectivity index (χ3v) is 6.00. The number of allylic oxidation sites excluding steroid dienone is 1. The third kappa shape index (κ3) is 4.29. The van der Waals surface area contributed by atoms with Crippen molar-refractivity contribution in [2.75, 3.05) is 33.4 Å². The van der Waals surface area contributed by atoms with Gasteiger partial charge in [0, 0.05) is 40.4 Å². The summed E-state index contributed by atoms with van der Waals surface area (Å²) in [7, 11) is 4.78. The molecule has 5 rings (SSSR count). The van der Waals surface area contributed by atoms with E-state index < -0.39 is 0 Å². The van der Waals surface area contributed by atoms with E-state index in [9.17, 15) is 4.79 Å². The first-order valence-corrected chi connectivity index (χ1v) is 11.2. The van der Waals surface area contributed by atoms with Crippen LogP contribution in [-0.4, -0.2) is 34.0 Å². The Morgan fingerprint density at radius 1 is 0.889 bits per heavy atom. The fraction of sp³-hybridized carbons (Fsp3) is 0.179. The van der Waals surface area contributed by atoms with Gasteiger partial charge in [-0.2, -0.15) is 0 Å². The highest BCUT2D eigenvalue weighted by molar-refractivity contribution is 6.05. The summed E-state index contributed by atoms with van der Waals surface area (Å²) in [4.78, 5) is 12.8. The molecule has 0 saturated carbocycles. The Balaban J connectivity index is 1.48. The number of amides is 1. The molecule has 0 spiro atoms. The van der Waals surface area contributed by atoms with Crippen LogP contribution in [0.2, 0.25) is 0 Å². The number of nitrogens with one attached hydrogen (secondary N) is 1. The minimum Gasteiger partial charge on any atom is -0.496 e. The second kappa shape index (κ2) is 9.58. The van der Waals surface area contributed by atoms with Crippen molar-refractivity contribution >= 4 is 28.1 Å². The van der Waals surface area contributed by atoms with Crippen molar-refractivity contribution in [1.82, 2.24) is 0 Å². The molecule has 36 heavy (non-hydrogen) atoms. The molecular formula is C28H25NO7. The van der Waals surface area contributed by atoms with E-state index in [1.165, 1.54) is 6.08 Å². The van der Waals surface area contributed by atoms with Gasteiger partial charge in [0.1, 0.15) is 11.3 Å². The molecule has 4 aromatic rings. The van der Waals surface area contributed by atoms with Gasteiger partial charge in [-0.25, -0.2) is 0 Å². The molecule has 184 valence electrons. The number of methoxy groups -OCH3 is 3. The van der Waals surface area contributed by atoms with Crippen LogP contribution in [-0.2, 0) is 4.79 Å². The van der Waals surface area contributed by atoms with Gasteiger partial charge in [-0.3, -0.25) is 4.79 Å². The number of hydrogen-bond donors (Lipinski definition) is 1. The number of carbonyl (C=O) groups excluding carboxylic acids is 1. The number of fused-ring (bicyclic) bond motifs is 2. The van der Waals surface area contributed by atoms with Crippen molar-refractivity contribution in [2.24, 2.45) is 0 Å². The maximum absolute atomic E-state index is 12.8. The SMILES string of the molecule is COc1ccc(-c2coc3cc(OC)c(/C(C)=C/C(=O)Nc4ccc5c(c4)OCO5)cc23)cc1OC. The van der Waals surface area contributed by atoms with Gasteiger partial charge in [0.2, 0.25) is 12.7 Å². The molecule has 8 nitrogen and oxygen atoms in total. The molecule has 0 atom stereocenters. The van der Waals surface area contributed by atoms with E-state index in [4.69, 9.17) is 28.1 Å². The normalized spacial score (nSPS) is 12.5. The van der Waals surface area contributed by atoms with Gasteiger partial charge in [0.15, 0.2) is 23.0 Å². The Bertz CT molecular complexity index is 1490. The molecule has 8 heteroatoms. The largest absolute Gasteiger partial charge is 0.496 e. The number of furan rings is 1. The fourth-order valence-corrected chi connectivity index (χ4v) is 4.19. The van der Waals surface area contributed by atoms with E-state index in [0.717, 1.165) is 27.6 Å². The smallest absolute Gasteiger partial charge is 0.248 e. The quantitative estimate of drug-likeness (QED) is 0.325. The van der Waals surface area contributed by atoms with Crippen molar-refractivity contribution < 1.29 is 32.9 Å². The van der Waals surface area contributed by atoms with Crippen LogP contribution in [0.4, 0.5) is 5.69 Å². The zero-order chi connectivity index (χ0) is 25.2. The van der Waals surface area contributed by atoms with Crippen molar-refractivity contribution in [2.45, 2.75) is 6.92 Å². The van der Waals surface area contributed by atoms with E-state index in [2.05, 4.69) is 5.32 Å². The maximum atomic E-state index is 12.8. The van der Waals surface area contributed by atoms with Gasteiger partial charge >= 0.3 is 0 Å². The van der Waals surface area contributed by atoms with Gasteiger partial charge < -0.3 is 33.4 Å². The lowest BCUT2D eigenvalue weighted by Crippen LogP contribution is -2.08. The van der Waals surface area contributed by atoms with Crippen LogP contribution in [0.1, 0.15) is 12.5 Å². The highest BCUT2D eigenvalue weighted by Crippen LogP contribution is 2.40. The monoisotopic (exact) mass is 487 g/mol. The lowest BCUT2D eigenvalue weighted by molar-refractivity contribution is -0.111. The van der Waals surface area contributed by atoms with E-state index in [1.807, 2.05) is 37.3 Å². The zero-order valence-corrected chi connectivity index (χ0v) is 20.3. The molecule has 0 unspecified atom stereocenters. The molecule has 3 aromatic carbocycles. The van der Waals surface area contributed by atoms with Gasteiger partial charge in [0.05, 0.1) is 27.6 Å². The molecule has 0 radical (unpaired) electrons. The summed E-state index contributed by atoms with van der Waals surface area (Å²) in [6.45, 7) is 2.03. The number of carbonyl (C=O) groups is 1. The number of hydrogen-bond acceptors (Lipinski definition) is 7. The lowest BCUT2D eigenvalue weighted by Gasteiger charge is -2.11. The van der Waals surface area contributed by atoms with E-state index in [0.29, 0.717) is 40.0 Å². The first kappa shape index (κ1) is 23.2. The average molecular weight is 488 g/mol. The van der Waals surface area contributed by atoms with Gasteiger partial charge in [-0.15, -0.1) is 0 Å². The van der Waals surface area contributed by atoms with Gasteiger partial charge in [-0.05, 0) is 48.4 Å². The minimum absolute atomic E-state index is 0.174. The molecule has 1 amide bonds. The first-order chi connectivity index (χ1) is 17.5. The molecule has 1 aromatic heterocycles. The second-order valence-electron chi connectivity index (χ2n) is 8.15. The Kier molecular flexibility index (Phi) is 6.16. The standard InChI is InChI=1S/C28H25NO7/c1-16(9-28(30)29-18-6-8-23-27(11-18)36-15-35-23)19-12-20-21(14-34-25(20)13-24(19)32-3)17-5-7-22(31-2)26(10-17)33-4/h5-14H,15H2,1-4H3,(H,29,30)/b16-9+. The van der Waals surface area contributed by atoms with Gasteiger partial charge in [0.25, 0.3) is 0 Å². The molecule has 1 N–H and O–H groups in total. The summed E-state index contributed by atoms with van der Waals surface area (Å²) in [5.41, 5.74) is 4.57. The summed E-state index contributed by atoms with van der Waals surface area (Å²) in [5, 5.41) is 3.74. The van der Waals surface area contributed by atoms with Crippen LogP contribution in [0, 0.1) is 0 Å². The highest BCUT2D eigenvalue weighted by atomic mass is 16.7. The molecule has 1 aliphatic heterocycles. The molecule has 0 aliphatic carbocycles. The Morgan fingerprint density at radius 3 is 2.44 bits per heavy atom. The van der Waals surface area contributed by atoms with Crippen LogP contribution in [0.3, 0.4) is 0 Å². The summed E-state index contributed by atoms with van der Waals surface area (Å²) in [6, 6.07) is 14.7. The molecule has 1 aliphatic rings. The molecule has 2 heterocycles. The number of rotatable bonds is 7. The Hall–Kier alpha value is -4.59. The topological polar surface area (TPSA) is 88.4 Å². The Morgan fingerprint density at radius 2 is 1.67 bits per heavy atom. The summed E-state index contributed by atoms with van der Waals surface area (Å²) < 4.78 is 33.0. The van der Waals surface area contributed by atoms with Crippen LogP contribution in [0.25, 0.3) is 27.7 Å². The van der Waals surface area contributed by atoms with E-state index in [-0.39, 0.29) is 12.7 Å². The lowest BCUT2D eigenvalue weighted by atomic mass is 9.99. The second-order valence-corrected chi connectivity index (χ2v) is 8.15. The summed E-state index contributed by atoms with van der Waals surface area (Å²) >= 11 is 0. The van der Waals surface area contributed by atoms with Crippen LogP contribution in [0.15, 0.2) is 65.3 Å². The first-order valence-electron chi connectivity index (χ1n) is 11.2. The number of benzene rings is 3. The predicted octanol–water partition coefficient (Wildman–Crippen LogP) is 5.90. The van der Waals surface area contributed by atoms with Crippen molar-refractivity contribution in [3.8, 4) is 39.9 Å². The highest BCUT2D eigenvalue weighted by Gasteiger charge is 2.17. The minimum atomic E-state index is -0.277. The van der Waals surface area contributed by atoms with Gasteiger partial charge in [-0.1, -0.05) is 6.07 Å². The van der Waals surface area contributed by atoms with E-state index in [1.54, 1.807) is 45.8 Å². The fourth-order valence-electron chi connectivity index (χ4n) is 4.19. The maximum Gasteiger partial charge on any atom is 0.248 e.